The number of hydrogen-bond donors (Lipinski definition) is 2. The maximum Gasteiger partial charge on any atom is 0.252 e. The van der Waals surface area contributed by atoms with Gasteiger partial charge in [0.25, 0.3) is 5.91 Å². The Bertz CT molecular complexity index is 696. The Kier molecular flexibility index (Phi) is 5.93. The van der Waals surface area contributed by atoms with Gasteiger partial charge in [-0.3, -0.25) is 9.59 Å². The monoisotopic (exact) mass is 374 g/mol. The smallest absolute Gasteiger partial charge is 0.252 e. The van der Waals surface area contributed by atoms with Gasteiger partial charge in [0.1, 0.15) is 0 Å². The molecule has 0 radical (unpaired) electrons. The zero-order valence-corrected chi connectivity index (χ0v) is 14.7. The molecule has 2 rings (SSSR count). The van der Waals surface area contributed by atoms with Crippen molar-refractivity contribution in [3.05, 3.63) is 64.1 Å². The van der Waals surface area contributed by atoms with Crippen molar-refractivity contribution in [3.63, 3.8) is 0 Å². The minimum atomic E-state index is -0.130. The highest BCUT2D eigenvalue weighted by Gasteiger charge is 2.09. The SMILES string of the molecule is CC(C)C(=O)Nc1ccc(CNC(=O)c2ccccc2Br)cc1. The second-order valence-corrected chi connectivity index (χ2v) is 6.36. The van der Waals surface area contributed by atoms with E-state index in [4.69, 9.17) is 0 Å². The zero-order valence-electron chi connectivity index (χ0n) is 13.1. The molecule has 0 heterocycles. The molecule has 0 aliphatic rings. The molecule has 2 aromatic rings. The number of carbonyl (C=O) groups is 2. The van der Waals surface area contributed by atoms with E-state index < -0.39 is 0 Å². The van der Waals surface area contributed by atoms with Gasteiger partial charge in [-0.15, -0.1) is 0 Å². The maximum absolute atomic E-state index is 12.1. The highest BCUT2D eigenvalue weighted by Crippen LogP contribution is 2.16. The number of rotatable bonds is 5. The van der Waals surface area contributed by atoms with Gasteiger partial charge in [0, 0.05) is 22.6 Å². The lowest BCUT2D eigenvalue weighted by atomic mass is 10.1. The van der Waals surface area contributed by atoms with Crippen LogP contribution in [0.1, 0.15) is 29.8 Å². The van der Waals surface area contributed by atoms with Gasteiger partial charge in [-0.1, -0.05) is 38.1 Å². The van der Waals surface area contributed by atoms with Crippen LogP contribution in [0.4, 0.5) is 5.69 Å². The molecular formula is C18H19BrN2O2. The first kappa shape index (κ1) is 17.2. The Morgan fingerprint density at radius 2 is 1.70 bits per heavy atom. The molecule has 0 atom stereocenters. The van der Waals surface area contributed by atoms with Gasteiger partial charge in [0.2, 0.25) is 5.91 Å². The summed E-state index contributed by atoms with van der Waals surface area (Å²) in [4.78, 5) is 23.8. The van der Waals surface area contributed by atoms with Crippen LogP contribution in [0.5, 0.6) is 0 Å². The number of anilines is 1. The summed E-state index contributed by atoms with van der Waals surface area (Å²) >= 11 is 3.37. The van der Waals surface area contributed by atoms with Gasteiger partial charge in [0.05, 0.1) is 5.56 Å². The molecule has 2 amide bonds. The van der Waals surface area contributed by atoms with Gasteiger partial charge in [-0.25, -0.2) is 0 Å². The number of hydrogen-bond acceptors (Lipinski definition) is 2. The van der Waals surface area contributed by atoms with E-state index in [1.54, 1.807) is 6.07 Å². The molecular weight excluding hydrogens is 356 g/mol. The largest absolute Gasteiger partial charge is 0.348 e. The van der Waals surface area contributed by atoms with E-state index in [0.29, 0.717) is 12.1 Å². The molecule has 4 nitrogen and oxygen atoms in total. The third kappa shape index (κ3) is 4.93. The van der Waals surface area contributed by atoms with Gasteiger partial charge in [0.15, 0.2) is 0 Å². The lowest BCUT2D eigenvalue weighted by Crippen LogP contribution is -2.23. The van der Waals surface area contributed by atoms with Crippen LogP contribution in [0.2, 0.25) is 0 Å². The summed E-state index contributed by atoms with van der Waals surface area (Å²) in [5.41, 5.74) is 2.32. The van der Waals surface area contributed by atoms with Crippen molar-refractivity contribution in [2.24, 2.45) is 5.92 Å². The molecule has 0 aromatic heterocycles. The van der Waals surface area contributed by atoms with Crippen LogP contribution in [0.15, 0.2) is 53.0 Å². The number of amides is 2. The summed E-state index contributed by atoms with van der Waals surface area (Å²) in [6, 6.07) is 14.7. The van der Waals surface area contributed by atoms with Crippen molar-refractivity contribution in [1.29, 1.82) is 0 Å². The van der Waals surface area contributed by atoms with E-state index in [-0.39, 0.29) is 17.7 Å². The predicted molar refractivity (Wildman–Crippen MR) is 95.2 cm³/mol. The van der Waals surface area contributed by atoms with Crippen LogP contribution < -0.4 is 10.6 Å². The van der Waals surface area contributed by atoms with E-state index in [9.17, 15) is 9.59 Å². The first-order chi connectivity index (χ1) is 11.0. The summed E-state index contributed by atoms with van der Waals surface area (Å²) in [6.07, 6.45) is 0. The molecule has 2 aromatic carbocycles. The van der Waals surface area contributed by atoms with E-state index in [0.717, 1.165) is 15.7 Å². The van der Waals surface area contributed by atoms with E-state index in [1.165, 1.54) is 0 Å². The Morgan fingerprint density at radius 3 is 2.30 bits per heavy atom. The summed E-state index contributed by atoms with van der Waals surface area (Å²) in [6.45, 7) is 4.13. The van der Waals surface area contributed by atoms with Gasteiger partial charge < -0.3 is 10.6 Å². The fourth-order valence-electron chi connectivity index (χ4n) is 1.92. The van der Waals surface area contributed by atoms with Crippen molar-refractivity contribution >= 4 is 33.4 Å². The normalized spacial score (nSPS) is 10.4. The molecule has 0 aliphatic carbocycles. The van der Waals surface area contributed by atoms with Gasteiger partial charge in [-0.2, -0.15) is 0 Å². The average molecular weight is 375 g/mol. The highest BCUT2D eigenvalue weighted by molar-refractivity contribution is 9.10. The fourth-order valence-corrected chi connectivity index (χ4v) is 2.38. The second kappa shape index (κ2) is 7.92. The molecule has 0 aliphatic heterocycles. The lowest BCUT2D eigenvalue weighted by molar-refractivity contribution is -0.118. The number of halogens is 1. The molecule has 0 fully saturated rings. The first-order valence-corrected chi connectivity index (χ1v) is 8.19. The third-order valence-corrected chi connectivity index (χ3v) is 4.01. The Hall–Kier alpha value is -2.14. The third-order valence-electron chi connectivity index (χ3n) is 3.32. The van der Waals surface area contributed by atoms with Crippen molar-refractivity contribution in [3.8, 4) is 0 Å². The Balaban J connectivity index is 1.93. The van der Waals surface area contributed by atoms with Crippen molar-refractivity contribution in [2.45, 2.75) is 20.4 Å². The summed E-state index contributed by atoms with van der Waals surface area (Å²) in [7, 11) is 0. The molecule has 0 saturated heterocycles. The molecule has 0 saturated carbocycles. The lowest BCUT2D eigenvalue weighted by Gasteiger charge is -2.09. The van der Waals surface area contributed by atoms with Crippen molar-refractivity contribution < 1.29 is 9.59 Å². The van der Waals surface area contributed by atoms with Crippen LogP contribution in [0.3, 0.4) is 0 Å². The van der Waals surface area contributed by atoms with Crippen LogP contribution in [0, 0.1) is 5.92 Å². The van der Waals surface area contributed by atoms with E-state index >= 15 is 0 Å². The van der Waals surface area contributed by atoms with Gasteiger partial charge >= 0.3 is 0 Å². The van der Waals surface area contributed by atoms with E-state index in [1.807, 2.05) is 56.3 Å². The summed E-state index contributed by atoms with van der Waals surface area (Å²) in [5, 5.41) is 5.71. The minimum absolute atomic E-state index is 0.0139. The second-order valence-electron chi connectivity index (χ2n) is 5.50. The fraction of sp³-hybridized carbons (Fsp3) is 0.222. The van der Waals surface area contributed by atoms with Crippen molar-refractivity contribution in [1.82, 2.24) is 5.32 Å². The number of carbonyl (C=O) groups excluding carboxylic acids is 2. The van der Waals surface area contributed by atoms with Crippen LogP contribution in [-0.4, -0.2) is 11.8 Å². The summed E-state index contributed by atoms with van der Waals surface area (Å²) < 4.78 is 0.768. The molecule has 23 heavy (non-hydrogen) atoms. The highest BCUT2D eigenvalue weighted by atomic mass is 79.9. The predicted octanol–water partition coefficient (Wildman–Crippen LogP) is 3.97. The van der Waals surface area contributed by atoms with Gasteiger partial charge in [-0.05, 0) is 45.8 Å². The number of benzene rings is 2. The zero-order chi connectivity index (χ0) is 16.8. The minimum Gasteiger partial charge on any atom is -0.348 e. The topological polar surface area (TPSA) is 58.2 Å². The maximum atomic E-state index is 12.1. The van der Waals surface area contributed by atoms with Crippen LogP contribution >= 0.6 is 15.9 Å². The first-order valence-electron chi connectivity index (χ1n) is 7.40. The molecule has 2 N–H and O–H groups in total. The molecule has 0 spiro atoms. The van der Waals surface area contributed by atoms with E-state index in [2.05, 4.69) is 26.6 Å². The Labute approximate surface area is 144 Å². The molecule has 120 valence electrons. The van der Waals surface area contributed by atoms with Crippen LogP contribution in [-0.2, 0) is 11.3 Å². The molecule has 0 bridgehead atoms. The standard InChI is InChI=1S/C18H19BrN2O2/c1-12(2)17(22)21-14-9-7-13(8-10-14)11-20-18(23)15-5-3-4-6-16(15)19/h3-10,12H,11H2,1-2H3,(H,20,23)(H,21,22). The summed E-state index contributed by atoms with van der Waals surface area (Å²) in [5.74, 6) is -0.201. The van der Waals surface area contributed by atoms with Crippen LogP contribution in [0.25, 0.3) is 0 Å². The Morgan fingerprint density at radius 1 is 1.04 bits per heavy atom. The molecule has 0 unspecified atom stereocenters. The molecule has 5 heteroatoms. The number of nitrogens with one attached hydrogen (secondary N) is 2. The quantitative estimate of drug-likeness (QED) is 0.831. The van der Waals surface area contributed by atoms with Crippen molar-refractivity contribution in [2.75, 3.05) is 5.32 Å². The average Bonchev–Trinajstić information content (AvgIpc) is 2.54.